The van der Waals surface area contributed by atoms with Crippen LogP contribution in [0, 0.1) is 23.3 Å². The molecular weight excluding hydrogens is 409 g/mol. The summed E-state index contributed by atoms with van der Waals surface area (Å²) in [5.41, 5.74) is 0.503. The minimum atomic E-state index is -2.85. The summed E-state index contributed by atoms with van der Waals surface area (Å²) < 4.78 is 59.6. The van der Waals surface area contributed by atoms with Crippen LogP contribution in [0.5, 0.6) is 0 Å². The molecule has 4 rings (SSSR count). The molecule has 0 radical (unpaired) electrons. The average Bonchev–Trinajstić information content (AvgIpc) is 2.75. The van der Waals surface area contributed by atoms with Gasteiger partial charge in [0.25, 0.3) is 0 Å². The van der Waals surface area contributed by atoms with Crippen molar-refractivity contribution in [3.63, 3.8) is 0 Å². The third-order valence-electron chi connectivity index (χ3n) is 4.69. The molecule has 150 valence electrons. The summed E-state index contributed by atoms with van der Waals surface area (Å²) in [5, 5.41) is 2.10. The minimum Gasteiger partial charge on any atom is -0.254 e. The molecule has 0 aromatic heterocycles. The van der Waals surface area contributed by atoms with Gasteiger partial charge in [0.2, 0.25) is 0 Å². The Labute approximate surface area is 171 Å². The Morgan fingerprint density at radius 1 is 0.400 bits per heavy atom. The van der Waals surface area contributed by atoms with Gasteiger partial charge in [0.1, 0.15) is 23.3 Å². The van der Waals surface area contributed by atoms with Gasteiger partial charge in [-0.15, -0.1) is 0 Å². The Morgan fingerprint density at radius 3 is 0.967 bits per heavy atom. The van der Waals surface area contributed by atoms with Crippen molar-refractivity contribution < 1.29 is 17.6 Å². The Morgan fingerprint density at radius 2 is 0.667 bits per heavy atom. The second kappa shape index (κ2) is 8.29. The molecule has 0 fully saturated rings. The molecule has 0 amide bonds. The summed E-state index contributed by atoms with van der Waals surface area (Å²) in [7, 11) is -2.85. The minimum absolute atomic E-state index is 0.400. The van der Waals surface area contributed by atoms with Crippen LogP contribution in [0.4, 0.5) is 23.2 Å². The number of hydrogen-bond acceptors (Lipinski definition) is 1. The quantitative estimate of drug-likeness (QED) is 0.279. The zero-order chi connectivity index (χ0) is 21.1. The van der Waals surface area contributed by atoms with Gasteiger partial charge in [0.05, 0.1) is 12.7 Å². The lowest BCUT2D eigenvalue weighted by Gasteiger charge is -2.27. The smallest absolute Gasteiger partial charge is 0.123 e. The van der Waals surface area contributed by atoms with Crippen molar-refractivity contribution in [1.82, 2.24) is 0 Å². The average molecular weight is 425 g/mol. The SMILES string of the molecule is Fc1ccc(N=P(c2ccc(F)cc2)(c2ccc(F)cc2)c2ccc(F)cc2)cc1. The lowest BCUT2D eigenvalue weighted by molar-refractivity contribution is 0.627. The van der Waals surface area contributed by atoms with Crippen LogP contribution in [0.1, 0.15) is 0 Å². The molecule has 0 aliphatic carbocycles. The molecule has 0 spiro atoms. The van der Waals surface area contributed by atoms with Gasteiger partial charge in [-0.05, 0) is 97.1 Å². The Bertz CT molecular complexity index is 1080. The first-order chi connectivity index (χ1) is 14.5. The van der Waals surface area contributed by atoms with E-state index in [0.29, 0.717) is 21.6 Å². The highest BCUT2D eigenvalue weighted by Gasteiger charge is 2.28. The Balaban J connectivity index is 2.11. The number of halogens is 4. The second-order valence-electron chi connectivity index (χ2n) is 6.64. The number of rotatable bonds is 4. The third-order valence-corrected chi connectivity index (χ3v) is 8.36. The first-order valence-corrected chi connectivity index (χ1v) is 10.9. The highest BCUT2D eigenvalue weighted by Crippen LogP contribution is 2.49. The molecule has 0 bridgehead atoms. The number of nitrogens with zero attached hydrogens (tertiary/aromatic N) is 1. The molecule has 0 heterocycles. The van der Waals surface area contributed by atoms with Crippen molar-refractivity contribution in [1.29, 1.82) is 0 Å². The highest BCUT2D eigenvalue weighted by molar-refractivity contribution is 7.87. The van der Waals surface area contributed by atoms with Crippen molar-refractivity contribution in [3.05, 3.63) is 120 Å². The van der Waals surface area contributed by atoms with E-state index in [4.69, 9.17) is 4.74 Å². The van der Waals surface area contributed by atoms with Crippen LogP contribution in [0.25, 0.3) is 0 Å². The molecule has 4 aromatic rings. The van der Waals surface area contributed by atoms with Crippen LogP contribution >= 0.6 is 7.05 Å². The van der Waals surface area contributed by atoms with E-state index < -0.39 is 30.3 Å². The van der Waals surface area contributed by atoms with Crippen LogP contribution in [0.3, 0.4) is 0 Å². The lowest BCUT2D eigenvalue weighted by Crippen LogP contribution is -2.25. The summed E-state index contributed by atoms with van der Waals surface area (Å²) in [6, 6.07) is 23.4. The van der Waals surface area contributed by atoms with E-state index in [1.807, 2.05) is 0 Å². The first kappa shape index (κ1) is 20.1. The Hall–Kier alpha value is -3.17. The second-order valence-corrected chi connectivity index (χ2v) is 9.66. The van der Waals surface area contributed by atoms with Gasteiger partial charge >= 0.3 is 0 Å². The summed E-state index contributed by atoms with van der Waals surface area (Å²) in [6.07, 6.45) is 0. The molecule has 0 saturated carbocycles. The van der Waals surface area contributed by atoms with E-state index in [0.717, 1.165) is 0 Å². The van der Waals surface area contributed by atoms with Gasteiger partial charge in [0, 0.05) is 15.9 Å². The van der Waals surface area contributed by atoms with E-state index in [1.165, 1.54) is 48.5 Å². The maximum absolute atomic E-state index is 13.7. The standard InChI is InChI=1S/C24H16F4NP/c25-17-1-9-21(10-2-17)29-30(22-11-3-18(26)4-12-22,23-13-5-19(27)6-14-23)24-15-7-20(28)8-16-24/h1-16H. The fourth-order valence-electron chi connectivity index (χ4n) is 3.27. The molecule has 30 heavy (non-hydrogen) atoms. The Kier molecular flexibility index (Phi) is 5.56. The molecule has 6 heteroatoms. The summed E-state index contributed by atoms with van der Waals surface area (Å²) in [6.45, 7) is 0. The van der Waals surface area contributed by atoms with Gasteiger partial charge in [-0.1, -0.05) is 0 Å². The fraction of sp³-hybridized carbons (Fsp3) is 0. The molecule has 0 aliphatic heterocycles. The van der Waals surface area contributed by atoms with Crippen LogP contribution < -0.4 is 15.9 Å². The summed E-state index contributed by atoms with van der Waals surface area (Å²) in [4.78, 5) is 0. The van der Waals surface area contributed by atoms with Crippen molar-refractivity contribution in [2.45, 2.75) is 0 Å². The number of hydrogen-bond donors (Lipinski definition) is 0. The van der Waals surface area contributed by atoms with Crippen molar-refractivity contribution in [2.75, 3.05) is 0 Å². The van der Waals surface area contributed by atoms with Gasteiger partial charge in [0.15, 0.2) is 0 Å². The van der Waals surface area contributed by atoms with Crippen LogP contribution in [0.15, 0.2) is 102 Å². The largest absolute Gasteiger partial charge is 0.254 e. The van der Waals surface area contributed by atoms with E-state index in [9.17, 15) is 17.6 Å². The first-order valence-electron chi connectivity index (χ1n) is 9.14. The van der Waals surface area contributed by atoms with Crippen LogP contribution in [-0.4, -0.2) is 0 Å². The molecule has 0 atom stereocenters. The predicted molar refractivity (Wildman–Crippen MR) is 114 cm³/mol. The number of benzene rings is 4. The third kappa shape index (κ3) is 3.94. The monoisotopic (exact) mass is 425 g/mol. The molecule has 0 unspecified atom stereocenters. The molecule has 4 aromatic carbocycles. The van der Waals surface area contributed by atoms with Crippen LogP contribution in [0.2, 0.25) is 0 Å². The lowest BCUT2D eigenvalue weighted by atomic mass is 10.3. The predicted octanol–water partition coefficient (Wildman–Crippen LogP) is 6.05. The van der Waals surface area contributed by atoms with E-state index in [1.54, 1.807) is 48.5 Å². The van der Waals surface area contributed by atoms with E-state index in [-0.39, 0.29) is 0 Å². The van der Waals surface area contributed by atoms with Gasteiger partial charge in [-0.25, -0.2) is 17.6 Å². The fourth-order valence-corrected chi connectivity index (χ4v) is 6.73. The van der Waals surface area contributed by atoms with Crippen molar-refractivity contribution >= 4 is 28.7 Å². The molecule has 0 saturated heterocycles. The summed E-state index contributed by atoms with van der Waals surface area (Å²) >= 11 is 0. The topological polar surface area (TPSA) is 12.4 Å². The molecule has 0 N–H and O–H groups in total. The zero-order valence-corrected chi connectivity index (χ0v) is 16.5. The van der Waals surface area contributed by atoms with E-state index in [2.05, 4.69) is 0 Å². The normalized spacial score (nSPS) is 11.3. The van der Waals surface area contributed by atoms with Crippen molar-refractivity contribution in [2.24, 2.45) is 4.74 Å². The zero-order valence-electron chi connectivity index (χ0n) is 15.6. The molecule has 0 aliphatic rings. The molecular formula is C24H16F4NP. The molecule has 1 nitrogen and oxygen atoms in total. The van der Waals surface area contributed by atoms with Crippen LogP contribution in [-0.2, 0) is 0 Å². The highest BCUT2D eigenvalue weighted by atomic mass is 31.2. The van der Waals surface area contributed by atoms with Crippen molar-refractivity contribution in [3.8, 4) is 0 Å². The maximum atomic E-state index is 13.7. The van der Waals surface area contributed by atoms with Gasteiger partial charge in [-0.3, -0.25) is 4.74 Å². The van der Waals surface area contributed by atoms with E-state index >= 15 is 0 Å². The van der Waals surface area contributed by atoms with Gasteiger partial charge in [-0.2, -0.15) is 0 Å². The van der Waals surface area contributed by atoms with Gasteiger partial charge < -0.3 is 0 Å². The summed E-state index contributed by atoms with van der Waals surface area (Å²) in [5.74, 6) is -1.62. The maximum Gasteiger partial charge on any atom is 0.123 e.